The second-order valence-corrected chi connectivity index (χ2v) is 5.39. The smallest absolute Gasteiger partial charge is 0.335 e. The Balaban J connectivity index is 1.80. The number of carbonyl (C=O) groups is 1. The predicted molar refractivity (Wildman–Crippen MR) is 86.5 cm³/mol. The van der Waals surface area contributed by atoms with E-state index in [2.05, 4.69) is 27.9 Å². The molecule has 0 aliphatic heterocycles. The van der Waals surface area contributed by atoms with Gasteiger partial charge in [-0.25, -0.2) is 9.18 Å². The van der Waals surface area contributed by atoms with E-state index in [0.717, 1.165) is 9.26 Å². The number of rotatable bonds is 6. The van der Waals surface area contributed by atoms with E-state index in [1.807, 2.05) is 0 Å². The van der Waals surface area contributed by atoms with Gasteiger partial charge in [0.15, 0.2) is 0 Å². The fourth-order valence-corrected chi connectivity index (χ4v) is 2.35. The minimum atomic E-state index is -0.964. The fraction of sp³-hybridized carbons (Fsp3) is 0.133. The first-order valence-corrected chi connectivity index (χ1v) is 7.29. The number of nitrogens with one attached hydrogen (secondary N) is 1. The van der Waals surface area contributed by atoms with Gasteiger partial charge in [0.1, 0.15) is 18.2 Å². The van der Waals surface area contributed by atoms with Gasteiger partial charge in [0.05, 0.1) is 5.56 Å². The minimum Gasteiger partial charge on any atom is -0.492 e. The van der Waals surface area contributed by atoms with Crippen LogP contribution in [0.2, 0.25) is 0 Å². The van der Waals surface area contributed by atoms with Gasteiger partial charge < -0.3 is 15.2 Å². The molecule has 4 nitrogen and oxygen atoms in total. The van der Waals surface area contributed by atoms with Gasteiger partial charge in [0.2, 0.25) is 0 Å². The maximum atomic E-state index is 12.9. The lowest BCUT2D eigenvalue weighted by Gasteiger charge is -2.10. The molecule has 0 saturated carbocycles. The summed E-state index contributed by atoms with van der Waals surface area (Å²) in [6, 6.07) is 10.8. The van der Waals surface area contributed by atoms with Crippen molar-refractivity contribution in [1.29, 1.82) is 0 Å². The SMILES string of the molecule is O=C(O)c1ccc(OCCNc2ccc(F)cc2I)cc1. The maximum Gasteiger partial charge on any atom is 0.335 e. The minimum absolute atomic E-state index is 0.223. The van der Waals surface area contributed by atoms with E-state index < -0.39 is 5.97 Å². The molecule has 2 aromatic carbocycles. The third-order valence-corrected chi connectivity index (χ3v) is 3.61. The molecule has 0 heterocycles. The van der Waals surface area contributed by atoms with Crippen LogP contribution in [0.1, 0.15) is 10.4 Å². The Hall–Kier alpha value is -1.83. The van der Waals surface area contributed by atoms with Gasteiger partial charge in [-0.2, -0.15) is 0 Å². The molecule has 2 rings (SSSR count). The summed E-state index contributed by atoms with van der Waals surface area (Å²) in [5.41, 5.74) is 1.07. The van der Waals surface area contributed by atoms with Crippen molar-refractivity contribution in [1.82, 2.24) is 0 Å². The lowest BCUT2D eigenvalue weighted by Crippen LogP contribution is -2.12. The summed E-state index contributed by atoms with van der Waals surface area (Å²) in [4.78, 5) is 10.7. The van der Waals surface area contributed by atoms with Crippen LogP contribution in [-0.4, -0.2) is 24.2 Å². The van der Waals surface area contributed by atoms with E-state index >= 15 is 0 Å². The molecule has 6 heteroatoms. The molecule has 0 aliphatic rings. The third kappa shape index (κ3) is 4.59. The zero-order valence-electron chi connectivity index (χ0n) is 11.0. The number of hydrogen-bond acceptors (Lipinski definition) is 3. The monoisotopic (exact) mass is 401 g/mol. The molecule has 0 atom stereocenters. The predicted octanol–water partition coefficient (Wildman–Crippen LogP) is 3.62. The average molecular weight is 401 g/mol. The van der Waals surface area contributed by atoms with Crippen LogP contribution in [0.5, 0.6) is 5.75 Å². The van der Waals surface area contributed by atoms with Crippen molar-refractivity contribution in [2.75, 3.05) is 18.5 Å². The Morgan fingerprint density at radius 2 is 1.95 bits per heavy atom. The van der Waals surface area contributed by atoms with Crippen molar-refractivity contribution in [2.45, 2.75) is 0 Å². The van der Waals surface area contributed by atoms with Crippen LogP contribution >= 0.6 is 22.6 Å². The molecule has 0 spiro atoms. The number of hydrogen-bond donors (Lipinski definition) is 2. The van der Waals surface area contributed by atoms with Gasteiger partial charge in [-0.05, 0) is 65.1 Å². The highest BCUT2D eigenvalue weighted by Crippen LogP contribution is 2.18. The Kier molecular flexibility index (Phi) is 5.38. The second-order valence-electron chi connectivity index (χ2n) is 4.23. The van der Waals surface area contributed by atoms with Crippen molar-refractivity contribution in [3.63, 3.8) is 0 Å². The van der Waals surface area contributed by atoms with E-state index in [0.29, 0.717) is 18.9 Å². The summed E-state index contributed by atoms with van der Waals surface area (Å²) in [7, 11) is 0. The number of ether oxygens (including phenoxy) is 1. The van der Waals surface area contributed by atoms with Crippen LogP contribution in [-0.2, 0) is 0 Å². The Bertz CT molecular complexity index is 631. The van der Waals surface area contributed by atoms with Crippen molar-refractivity contribution in [3.8, 4) is 5.75 Å². The van der Waals surface area contributed by atoms with Gasteiger partial charge in [0.25, 0.3) is 0 Å². The second kappa shape index (κ2) is 7.26. The molecule has 21 heavy (non-hydrogen) atoms. The van der Waals surface area contributed by atoms with E-state index in [1.54, 1.807) is 18.2 Å². The molecule has 0 bridgehead atoms. The maximum absolute atomic E-state index is 12.9. The van der Waals surface area contributed by atoms with Crippen molar-refractivity contribution in [2.24, 2.45) is 0 Å². The number of carboxylic acid groups (broad SMARTS) is 1. The van der Waals surface area contributed by atoms with Gasteiger partial charge in [-0.15, -0.1) is 0 Å². The number of halogens is 2. The average Bonchev–Trinajstić information content (AvgIpc) is 2.46. The van der Waals surface area contributed by atoms with Gasteiger partial charge >= 0.3 is 5.97 Å². The van der Waals surface area contributed by atoms with Crippen molar-refractivity contribution < 1.29 is 19.0 Å². The first-order valence-electron chi connectivity index (χ1n) is 6.21. The Labute approximate surface area is 135 Å². The van der Waals surface area contributed by atoms with Crippen molar-refractivity contribution >= 4 is 34.2 Å². The van der Waals surface area contributed by atoms with E-state index in [1.165, 1.54) is 24.3 Å². The molecule has 0 radical (unpaired) electrons. The lowest BCUT2D eigenvalue weighted by molar-refractivity contribution is 0.0697. The molecule has 110 valence electrons. The van der Waals surface area contributed by atoms with Crippen LogP contribution in [0.25, 0.3) is 0 Å². The van der Waals surface area contributed by atoms with Crippen LogP contribution in [0.15, 0.2) is 42.5 Å². The van der Waals surface area contributed by atoms with Gasteiger partial charge in [-0.3, -0.25) is 0 Å². The van der Waals surface area contributed by atoms with Crippen LogP contribution in [0.4, 0.5) is 10.1 Å². The molecule has 2 N–H and O–H groups in total. The first-order chi connectivity index (χ1) is 10.1. The summed E-state index contributed by atoms with van der Waals surface area (Å²) < 4.78 is 19.2. The van der Waals surface area contributed by atoms with E-state index in [9.17, 15) is 9.18 Å². The molecular weight excluding hydrogens is 388 g/mol. The number of carboxylic acids is 1. The zero-order chi connectivity index (χ0) is 15.2. The molecule has 2 aromatic rings. The third-order valence-electron chi connectivity index (χ3n) is 2.72. The molecule has 0 saturated heterocycles. The summed E-state index contributed by atoms with van der Waals surface area (Å²) in [5, 5.41) is 11.9. The van der Waals surface area contributed by atoms with Gasteiger partial charge in [-0.1, -0.05) is 0 Å². The Morgan fingerprint density at radius 3 is 2.57 bits per heavy atom. The van der Waals surface area contributed by atoms with E-state index in [-0.39, 0.29) is 11.4 Å². The molecular formula is C15H13FINO3. The van der Waals surface area contributed by atoms with Crippen LogP contribution in [0.3, 0.4) is 0 Å². The zero-order valence-corrected chi connectivity index (χ0v) is 13.1. The largest absolute Gasteiger partial charge is 0.492 e. The van der Waals surface area contributed by atoms with Crippen LogP contribution < -0.4 is 10.1 Å². The molecule has 0 aromatic heterocycles. The number of aromatic carboxylic acids is 1. The molecule has 0 unspecified atom stereocenters. The Morgan fingerprint density at radius 1 is 1.24 bits per heavy atom. The number of anilines is 1. The first kappa shape index (κ1) is 15.6. The normalized spacial score (nSPS) is 10.2. The fourth-order valence-electron chi connectivity index (χ4n) is 1.68. The highest BCUT2D eigenvalue weighted by Gasteiger charge is 2.03. The lowest BCUT2D eigenvalue weighted by atomic mass is 10.2. The summed E-state index contributed by atoms with van der Waals surface area (Å²) in [6.45, 7) is 0.974. The van der Waals surface area contributed by atoms with Crippen molar-refractivity contribution in [3.05, 3.63) is 57.4 Å². The standard InChI is InChI=1S/C15H13FINO3/c16-11-3-6-14(13(17)9-11)18-7-8-21-12-4-1-10(2-5-12)15(19)20/h1-6,9,18H,7-8H2,(H,19,20). The highest BCUT2D eigenvalue weighted by molar-refractivity contribution is 14.1. The summed E-state index contributed by atoms with van der Waals surface area (Å²) in [6.07, 6.45) is 0. The molecule has 0 aliphatic carbocycles. The van der Waals surface area contributed by atoms with Crippen LogP contribution in [0, 0.1) is 9.39 Å². The number of benzene rings is 2. The highest BCUT2D eigenvalue weighted by atomic mass is 127. The topological polar surface area (TPSA) is 58.6 Å². The molecule has 0 amide bonds. The summed E-state index contributed by atoms with van der Waals surface area (Å²) >= 11 is 2.06. The quantitative estimate of drug-likeness (QED) is 0.574. The molecule has 0 fully saturated rings. The summed E-state index contributed by atoms with van der Waals surface area (Å²) in [5.74, 6) is -0.621. The van der Waals surface area contributed by atoms with Gasteiger partial charge in [0, 0.05) is 15.8 Å². The van der Waals surface area contributed by atoms with E-state index in [4.69, 9.17) is 9.84 Å².